The number of aliphatic carboxylic acids is 2. The summed E-state index contributed by atoms with van der Waals surface area (Å²) in [4.78, 5) is 20.6. The van der Waals surface area contributed by atoms with Gasteiger partial charge in [0.15, 0.2) is 0 Å². The summed E-state index contributed by atoms with van der Waals surface area (Å²) in [7, 11) is 0. The van der Waals surface area contributed by atoms with Crippen LogP contribution >= 0.6 is 0 Å². The maximum absolute atomic E-state index is 10.3. The second-order valence-electron chi connectivity index (χ2n) is 11.5. The van der Waals surface area contributed by atoms with E-state index in [1.165, 1.54) is 154 Å². The third-order valence-corrected chi connectivity index (χ3v) is 7.49. The number of carboxylic acid groups (broad SMARTS) is 2. The second kappa shape index (κ2) is 39.7. The smallest absolute Gasteiger partial charge is 0.303 e. The van der Waals surface area contributed by atoms with Gasteiger partial charge < -0.3 is 10.2 Å². The number of carboxylic acids is 2. The molecule has 4 nitrogen and oxygen atoms in total. The van der Waals surface area contributed by atoms with E-state index in [-0.39, 0.29) is 19.5 Å². The number of rotatable bonds is 30. The van der Waals surface area contributed by atoms with Crippen molar-refractivity contribution < 1.29 is 39.3 Å². The van der Waals surface area contributed by atoms with Crippen molar-refractivity contribution in [2.45, 2.75) is 206 Å². The Morgan fingerprint density at radius 3 is 0.641 bits per heavy atom. The van der Waals surface area contributed by atoms with Crippen molar-refractivity contribution in [3.63, 3.8) is 0 Å². The molecule has 0 saturated carbocycles. The Morgan fingerprint density at radius 2 is 0.487 bits per heavy atom. The van der Waals surface area contributed by atoms with Crippen LogP contribution in [0.25, 0.3) is 0 Å². The Kier molecular flexibility index (Phi) is 43.8. The number of carbonyl (C=O) groups is 2. The average molecular weight is 606 g/mol. The molecule has 0 aromatic heterocycles. The molecule has 0 unspecified atom stereocenters. The zero-order chi connectivity index (χ0) is 28.4. The van der Waals surface area contributed by atoms with E-state index in [1.54, 1.807) is 0 Å². The minimum absolute atomic E-state index is 0. The van der Waals surface area contributed by atoms with Gasteiger partial charge in [-0.1, -0.05) is 181 Å². The third-order valence-electron chi connectivity index (χ3n) is 7.49. The monoisotopic (exact) mass is 604 g/mol. The fourth-order valence-corrected chi connectivity index (χ4v) is 4.94. The van der Waals surface area contributed by atoms with E-state index in [2.05, 4.69) is 13.8 Å². The van der Waals surface area contributed by atoms with E-state index < -0.39 is 11.9 Å². The fourth-order valence-electron chi connectivity index (χ4n) is 4.94. The van der Waals surface area contributed by atoms with Crippen molar-refractivity contribution in [1.82, 2.24) is 0 Å². The van der Waals surface area contributed by atoms with Crippen LogP contribution in [0.1, 0.15) is 206 Å². The molecule has 0 fully saturated rings. The Bertz CT molecular complexity index is 470. The molecule has 0 rings (SSSR count). The van der Waals surface area contributed by atoms with Crippen LogP contribution in [-0.2, 0) is 29.1 Å². The third kappa shape index (κ3) is 47.7. The van der Waals surface area contributed by atoms with Crippen molar-refractivity contribution in [3.8, 4) is 0 Å². The van der Waals surface area contributed by atoms with Gasteiger partial charge in [0.1, 0.15) is 0 Å². The summed E-state index contributed by atoms with van der Waals surface area (Å²) < 4.78 is 0. The zero-order valence-corrected chi connectivity index (χ0v) is 29.6. The van der Waals surface area contributed by atoms with Crippen LogP contribution in [0.4, 0.5) is 0 Å². The molecule has 5 heteroatoms. The quantitative estimate of drug-likeness (QED) is 0.0630. The summed E-state index contributed by atoms with van der Waals surface area (Å²) in [5.41, 5.74) is 0. The van der Waals surface area contributed by atoms with Gasteiger partial charge in [-0.2, -0.15) is 0 Å². The van der Waals surface area contributed by atoms with E-state index >= 15 is 0 Å². The maximum atomic E-state index is 10.3. The van der Waals surface area contributed by atoms with E-state index in [4.69, 9.17) is 10.2 Å². The van der Waals surface area contributed by atoms with Crippen molar-refractivity contribution in [3.05, 3.63) is 0 Å². The second-order valence-corrected chi connectivity index (χ2v) is 11.5. The van der Waals surface area contributed by atoms with Crippen LogP contribution in [0.5, 0.6) is 0 Å². The molecule has 0 aliphatic rings. The molecule has 0 amide bonds. The minimum atomic E-state index is -0.655. The van der Waals surface area contributed by atoms with Gasteiger partial charge >= 0.3 is 11.9 Å². The molecular formula is C34H68O4Zn. The summed E-state index contributed by atoms with van der Waals surface area (Å²) in [5, 5.41) is 17.0. The first-order valence-electron chi connectivity index (χ1n) is 17.0. The normalized spacial score (nSPS) is 10.5. The molecule has 0 saturated heterocycles. The average Bonchev–Trinajstić information content (AvgIpc) is 2.89. The first kappa shape index (κ1) is 43.0. The molecule has 39 heavy (non-hydrogen) atoms. The van der Waals surface area contributed by atoms with E-state index in [9.17, 15) is 9.59 Å². The molecule has 0 radical (unpaired) electrons. The van der Waals surface area contributed by atoms with Crippen LogP contribution in [0.15, 0.2) is 0 Å². The Balaban J connectivity index is -0.000000651. The molecule has 0 bridgehead atoms. The summed E-state index contributed by atoms with van der Waals surface area (Å²) in [6, 6.07) is 0. The Labute approximate surface area is 257 Å². The zero-order valence-electron chi connectivity index (χ0n) is 26.6. The first-order valence-corrected chi connectivity index (χ1v) is 17.0. The standard InChI is InChI=1S/C18H36O2.C16H32O2.Zn/c1-2-3-4-5-6-7-8-9-10-11-12-13-14-15-16-17-18(19)20;1-2-3-4-5-6-7-8-9-10-11-12-13-14-15-16(17)18;/h2-17H2,1H3,(H,19,20);2-15H2,1H3,(H,17,18);. The van der Waals surface area contributed by atoms with Crippen LogP contribution in [0, 0.1) is 0 Å². The largest absolute Gasteiger partial charge is 0.481 e. The maximum Gasteiger partial charge on any atom is 0.303 e. The first-order chi connectivity index (χ1) is 18.5. The summed E-state index contributed by atoms with van der Waals surface area (Å²) in [6.45, 7) is 4.53. The van der Waals surface area contributed by atoms with E-state index in [0.717, 1.165) is 25.7 Å². The SMILES string of the molecule is CCCCCCCCCCCCCCCC(=O)O.CCCCCCCCCCCCCCCCCC(=O)O.[Zn]. The van der Waals surface area contributed by atoms with Gasteiger partial charge in [0.2, 0.25) is 0 Å². The predicted molar refractivity (Wildman–Crippen MR) is 165 cm³/mol. The molecule has 0 heterocycles. The Morgan fingerprint density at radius 1 is 0.333 bits per heavy atom. The predicted octanol–water partition coefficient (Wildman–Crippen LogP) is 11.9. The van der Waals surface area contributed by atoms with Crippen molar-refractivity contribution in [2.75, 3.05) is 0 Å². The van der Waals surface area contributed by atoms with Gasteiger partial charge in [0.05, 0.1) is 0 Å². The van der Waals surface area contributed by atoms with Crippen LogP contribution in [0.3, 0.4) is 0 Å². The number of hydrogen-bond acceptors (Lipinski definition) is 2. The molecule has 2 N–H and O–H groups in total. The molecule has 0 aliphatic carbocycles. The molecular weight excluding hydrogens is 538 g/mol. The topological polar surface area (TPSA) is 74.6 Å². The number of unbranched alkanes of at least 4 members (excludes halogenated alkanes) is 26. The molecule has 0 aliphatic heterocycles. The van der Waals surface area contributed by atoms with Crippen molar-refractivity contribution in [1.29, 1.82) is 0 Å². The van der Waals surface area contributed by atoms with E-state index in [0.29, 0.717) is 12.8 Å². The van der Waals surface area contributed by atoms with Gasteiger partial charge in [0, 0.05) is 32.3 Å². The van der Waals surface area contributed by atoms with Crippen molar-refractivity contribution >= 4 is 11.9 Å². The van der Waals surface area contributed by atoms with Gasteiger partial charge in [-0.05, 0) is 12.8 Å². The fraction of sp³-hybridized carbons (Fsp3) is 0.941. The van der Waals surface area contributed by atoms with Crippen LogP contribution in [-0.4, -0.2) is 22.2 Å². The van der Waals surface area contributed by atoms with Gasteiger partial charge in [-0.3, -0.25) is 9.59 Å². The molecule has 0 aromatic rings. The summed E-state index contributed by atoms with van der Waals surface area (Å²) >= 11 is 0. The summed E-state index contributed by atoms with van der Waals surface area (Å²) in [6.07, 6.45) is 37.5. The molecule has 0 spiro atoms. The molecule has 0 atom stereocenters. The molecule has 0 aromatic carbocycles. The van der Waals surface area contributed by atoms with Crippen LogP contribution < -0.4 is 0 Å². The van der Waals surface area contributed by atoms with Crippen LogP contribution in [0.2, 0.25) is 0 Å². The van der Waals surface area contributed by atoms with Gasteiger partial charge in [-0.15, -0.1) is 0 Å². The molecule has 230 valence electrons. The number of hydrogen-bond donors (Lipinski definition) is 2. The Hall–Kier alpha value is -0.437. The van der Waals surface area contributed by atoms with Gasteiger partial charge in [0.25, 0.3) is 0 Å². The van der Waals surface area contributed by atoms with E-state index in [1.807, 2.05) is 0 Å². The minimum Gasteiger partial charge on any atom is -0.481 e. The van der Waals surface area contributed by atoms with Crippen molar-refractivity contribution in [2.24, 2.45) is 0 Å². The van der Waals surface area contributed by atoms with Gasteiger partial charge in [-0.25, -0.2) is 0 Å². The summed E-state index contributed by atoms with van der Waals surface area (Å²) in [5.74, 6) is -1.31.